The van der Waals surface area contributed by atoms with Gasteiger partial charge in [-0.25, -0.2) is 0 Å². The summed E-state index contributed by atoms with van der Waals surface area (Å²) in [5, 5.41) is 0. The molecule has 2 unspecified atom stereocenters. The molecule has 1 nitrogen and oxygen atoms in total. The molecule has 0 spiro atoms. The highest BCUT2D eigenvalue weighted by Gasteiger charge is 2.24. The molecule has 0 aromatic rings. The van der Waals surface area contributed by atoms with Gasteiger partial charge in [-0.2, -0.15) is 0 Å². The fourth-order valence-corrected chi connectivity index (χ4v) is 3.78. The highest BCUT2D eigenvalue weighted by molar-refractivity contribution is 6.76. The van der Waals surface area contributed by atoms with Gasteiger partial charge in [0.2, 0.25) is 0 Å². The van der Waals surface area contributed by atoms with Crippen LogP contribution in [0.2, 0.25) is 25.7 Å². The van der Waals surface area contributed by atoms with Crippen molar-refractivity contribution in [2.24, 2.45) is 0 Å². The molecule has 1 aliphatic rings. The van der Waals surface area contributed by atoms with E-state index in [1.807, 2.05) is 0 Å². The van der Waals surface area contributed by atoms with Crippen molar-refractivity contribution in [1.82, 2.24) is 0 Å². The molecule has 0 saturated heterocycles. The number of allylic oxidation sites excluding steroid dienone is 2. The zero-order chi connectivity index (χ0) is 13.4. The van der Waals surface area contributed by atoms with Gasteiger partial charge in [-0.05, 0) is 31.7 Å². The lowest BCUT2D eigenvalue weighted by atomic mass is 10.1. The molecule has 18 heavy (non-hydrogen) atoms. The summed E-state index contributed by atoms with van der Waals surface area (Å²) in [6.45, 7) is 9.43. The van der Waals surface area contributed by atoms with Crippen molar-refractivity contribution in [2.75, 3.05) is 0 Å². The van der Waals surface area contributed by atoms with Gasteiger partial charge >= 0.3 is 0 Å². The topological polar surface area (TPSA) is 9.23 Å². The first-order valence-electron chi connectivity index (χ1n) is 7.50. The highest BCUT2D eigenvalue weighted by atomic mass is 28.3. The Kier molecular flexibility index (Phi) is 6.94. The van der Waals surface area contributed by atoms with Crippen LogP contribution in [0.3, 0.4) is 0 Å². The predicted molar refractivity (Wildman–Crippen MR) is 83.9 cm³/mol. The number of rotatable bonds is 8. The van der Waals surface area contributed by atoms with Gasteiger partial charge in [0.1, 0.15) is 0 Å². The minimum Gasteiger partial charge on any atom is -0.367 e. The van der Waals surface area contributed by atoms with Crippen LogP contribution in [0.5, 0.6) is 0 Å². The Bertz CT molecular complexity index is 275. The van der Waals surface area contributed by atoms with Crippen LogP contribution in [0.1, 0.15) is 39.0 Å². The monoisotopic (exact) mass is 266 g/mol. The first kappa shape index (κ1) is 15.7. The van der Waals surface area contributed by atoms with E-state index in [1.54, 1.807) is 0 Å². The molecular weight excluding hydrogens is 236 g/mol. The molecule has 1 rings (SSSR count). The van der Waals surface area contributed by atoms with Crippen LogP contribution < -0.4 is 0 Å². The van der Waals surface area contributed by atoms with Gasteiger partial charge in [-0.3, -0.25) is 0 Å². The van der Waals surface area contributed by atoms with E-state index in [0.717, 1.165) is 6.42 Å². The third-order valence-electron chi connectivity index (χ3n) is 3.22. The minimum atomic E-state index is -0.990. The van der Waals surface area contributed by atoms with E-state index in [2.05, 4.69) is 50.9 Å². The van der Waals surface area contributed by atoms with Crippen molar-refractivity contribution in [3.05, 3.63) is 24.3 Å². The standard InChI is InChI=1S/C16H30OSi/c1-5-6-7-8-9-10-11-15-12-13-16(17-15)14-18(2,3)4/h6-7,12-13,15-16H,5,8-11,14H2,1-4H3/b7-6+. The molecule has 0 aromatic carbocycles. The van der Waals surface area contributed by atoms with E-state index >= 15 is 0 Å². The SMILES string of the molecule is CC/C=C/CCCCC1C=CC(C[Si](C)(C)C)O1. The Hall–Kier alpha value is -0.343. The van der Waals surface area contributed by atoms with E-state index in [0.29, 0.717) is 12.2 Å². The van der Waals surface area contributed by atoms with Crippen molar-refractivity contribution in [2.45, 2.75) is 76.9 Å². The quantitative estimate of drug-likeness (QED) is 0.334. The van der Waals surface area contributed by atoms with Crippen LogP contribution >= 0.6 is 0 Å². The van der Waals surface area contributed by atoms with Crippen LogP contribution in [0.15, 0.2) is 24.3 Å². The van der Waals surface area contributed by atoms with Gasteiger partial charge in [0.05, 0.1) is 12.2 Å². The average Bonchev–Trinajstić information content (AvgIpc) is 2.68. The molecule has 0 aromatic heterocycles. The normalized spacial score (nSPS) is 24.2. The van der Waals surface area contributed by atoms with E-state index < -0.39 is 8.07 Å². The molecule has 104 valence electrons. The smallest absolute Gasteiger partial charge is 0.0764 e. The fourth-order valence-electron chi connectivity index (χ4n) is 2.34. The second kappa shape index (κ2) is 7.95. The molecule has 1 aliphatic heterocycles. The minimum absolute atomic E-state index is 0.390. The van der Waals surface area contributed by atoms with E-state index in [4.69, 9.17) is 4.74 Å². The molecular formula is C16H30OSi. The molecule has 0 amide bonds. The zero-order valence-corrected chi connectivity index (χ0v) is 13.6. The summed E-state index contributed by atoms with van der Waals surface area (Å²) >= 11 is 0. The molecule has 2 atom stereocenters. The number of ether oxygens (including phenoxy) is 1. The summed E-state index contributed by atoms with van der Waals surface area (Å²) in [5.41, 5.74) is 0. The van der Waals surface area contributed by atoms with Crippen LogP contribution in [-0.4, -0.2) is 20.3 Å². The van der Waals surface area contributed by atoms with Crippen LogP contribution in [0.4, 0.5) is 0 Å². The van der Waals surface area contributed by atoms with Crippen LogP contribution in [-0.2, 0) is 4.74 Å². The van der Waals surface area contributed by atoms with E-state index in [9.17, 15) is 0 Å². The molecule has 0 bridgehead atoms. The van der Waals surface area contributed by atoms with Crippen molar-refractivity contribution < 1.29 is 4.74 Å². The lowest BCUT2D eigenvalue weighted by molar-refractivity contribution is 0.0644. The lowest BCUT2D eigenvalue weighted by Gasteiger charge is -2.21. The van der Waals surface area contributed by atoms with Crippen molar-refractivity contribution in [3.63, 3.8) is 0 Å². The molecule has 0 aliphatic carbocycles. The molecule has 0 fully saturated rings. The maximum absolute atomic E-state index is 6.07. The summed E-state index contributed by atoms with van der Waals surface area (Å²) < 4.78 is 6.07. The maximum Gasteiger partial charge on any atom is 0.0764 e. The molecule has 0 radical (unpaired) electrons. The first-order valence-corrected chi connectivity index (χ1v) is 11.2. The summed E-state index contributed by atoms with van der Waals surface area (Å²) in [6, 6.07) is 1.26. The fraction of sp³-hybridized carbons (Fsp3) is 0.750. The third-order valence-corrected chi connectivity index (χ3v) is 4.84. The number of hydrogen-bond donors (Lipinski definition) is 0. The Morgan fingerprint density at radius 3 is 2.44 bits per heavy atom. The van der Waals surface area contributed by atoms with Gasteiger partial charge in [0.25, 0.3) is 0 Å². The summed E-state index contributed by atoms with van der Waals surface area (Å²) in [7, 11) is -0.990. The number of unbranched alkanes of at least 4 members (excludes halogenated alkanes) is 2. The second-order valence-corrected chi connectivity index (χ2v) is 12.1. The van der Waals surface area contributed by atoms with Gasteiger partial charge < -0.3 is 4.74 Å². The molecule has 2 heteroatoms. The number of hydrogen-bond acceptors (Lipinski definition) is 1. The average molecular weight is 267 g/mol. The van der Waals surface area contributed by atoms with Crippen molar-refractivity contribution in [1.29, 1.82) is 0 Å². The van der Waals surface area contributed by atoms with Crippen molar-refractivity contribution >= 4 is 8.07 Å². The van der Waals surface area contributed by atoms with Crippen molar-refractivity contribution in [3.8, 4) is 0 Å². The molecule has 0 saturated carbocycles. The highest BCUT2D eigenvalue weighted by Crippen LogP contribution is 2.23. The summed E-state index contributed by atoms with van der Waals surface area (Å²) in [6.07, 6.45) is 16.1. The Morgan fingerprint density at radius 1 is 1.06 bits per heavy atom. The van der Waals surface area contributed by atoms with Crippen LogP contribution in [0.25, 0.3) is 0 Å². The molecule has 0 N–H and O–H groups in total. The maximum atomic E-state index is 6.07. The molecule has 1 heterocycles. The van der Waals surface area contributed by atoms with Crippen LogP contribution in [0, 0.1) is 0 Å². The van der Waals surface area contributed by atoms with Gasteiger partial charge in [0.15, 0.2) is 0 Å². The van der Waals surface area contributed by atoms with E-state index in [-0.39, 0.29) is 0 Å². The third kappa shape index (κ3) is 7.17. The zero-order valence-electron chi connectivity index (χ0n) is 12.6. The van der Waals surface area contributed by atoms with Gasteiger partial charge in [0, 0.05) is 8.07 Å². The Labute approximate surface area is 114 Å². The second-order valence-electron chi connectivity index (χ2n) is 6.53. The summed E-state index contributed by atoms with van der Waals surface area (Å²) in [5.74, 6) is 0. The Balaban J connectivity index is 2.09. The van der Waals surface area contributed by atoms with Gasteiger partial charge in [-0.15, -0.1) is 0 Å². The van der Waals surface area contributed by atoms with E-state index in [1.165, 1.54) is 31.7 Å². The lowest BCUT2D eigenvalue weighted by Crippen LogP contribution is -2.27. The summed E-state index contributed by atoms with van der Waals surface area (Å²) in [4.78, 5) is 0. The first-order chi connectivity index (χ1) is 8.51. The van der Waals surface area contributed by atoms with Gasteiger partial charge in [-0.1, -0.05) is 57.3 Å². The predicted octanol–water partition coefficient (Wildman–Crippen LogP) is 5.17. The Morgan fingerprint density at radius 2 is 1.78 bits per heavy atom. The largest absolute Gasteiger partial charge is 0.367 e.